The van der Waals surface area contributed by atoms with E-state index in [1.165, 1.54) is 9.08 Å². The van der Waals surface area contributed by atoms with E-state index in [2.05, 4.69) is 11.0 Å². The van der Waals surface area contributed by atoms with Crippen molar-refractivity contribution in [2.24, 2.45) is 0 Å². The smallest absolute Gasteiger partial charge is 0.277 e. The molecular formula is C9H7N3O. The Balaban J connectivity index is 2.75. The van der Waals surface area contributed by atoms with Gasteiger partial charge in [-0.3, -0.25) is 4.79 Å². The van der Waals surface area contributed by atoms with E-state index in [1.54, 1.807) is 24.7 Å². The van der Waals surface area contributed by atoms with E-state index >= 15 is 0 Å². The minimum absolute atomic E-state index is 0.113. The van der Waals surface area contributed by atoms with E-state index in [-0.39, 0.29) is 5.56 Å². The summed E-state index contributed by atoms with van der Waals surface area (Å²) in [7, 11) is 0. The molecule has 0 N–H and O–H groups in total. The van der Waals surface area contributed by atoms with Gasteiger partial charge in [-0.25, -0.2) is 4.52 Å². The number of terminal acetylenes is 1. The molecule has 2 aromatic rings. The summed E-state index contributed by atoms with van der Waals surface area (Å²) in [5.41, 5.74) is 0.427. The molecule has 0 atom stereocenters. The molecule has 4 nitrogen and oxygen atoms in total. The predicted octanol–water partition coefficient (Wildman–Crippen LogP) is 0.129. The number of rotatable bonds is 1. The van der Waals surface area contributed by atoms with Crippen molar-refractivity contribution in [2.45, 2.75) is 6.54 Å². The van der Waals surface area contributed by atoms with Gasteiger partial charge in [0.15, 0.2) is 0 Å². The summed E-state index contributed by atoms with van der Waals surface area (Å²) in [6, 6.07) is 1.66. The Hall–Kier alpha value is -2.02. The van der Waals surface area contributed by atoms with Crippen LogP contribution in [0, 0.1) is 12.3 Å². The van der Waals surface area contributed by atoms with Gasteiger partial charge in [0.05, 0.1) is 12.7 Å². The van der Waals surface area contributed by atoms with Crippen LogP contribution in [0.5, 0.6) is 0 Å². The molecule has 13 heavy (non-hydrogen) atoms. The second-order valence-corrected chi connectivity index (χ2v) is 2.60. The molecule has 0 radical (unpaired) electrons. The van der Waals surface area contributed by atoms with Gasteiger partial charge in [0.25, 0.3) is 5.56 Å². The largest absolute Gasteiger partial charge is 0.301 e. The van der Waals surface area contributed by atoms with Gasteiger partial charge < -0.3 is 4.57 Å². The lowest BCUT2D eigenvalue weighted by Crippen LogP contribution is -2.20. The summed E-state index contributed by atoms with van der Waals surface area (Å²) < 4.78 is 2.99. The second-order valence-electron chi connectivity index (χ2n) is 2.60. The lowest BCUT2D eigenvalue weighted by molar-refractivity contribution is 0.773. The Morgan fingerprint density at radius 1 is 1.54 bits per heavy atom. The summed E-state index contributed by atoms with van der Waals surface area (Å²) in [4.78, 5) is 11.6. The maximum atomic E-state index is 11.6. The van der Waals surface area contributed by atoms with Gasteiger partial charge in [0, 0.05) is 12.4 Å². The Kier molecular flexibility index (Phi) is 1.64. The van der Waals surface area contributed by atoms with E-state index in [0.717, 1.165) is 0 Å². The molecule has 0 bridgehead atoms. The van der Waals surface area contributed by atoms with Gasteiger partial charge in [-0.1, -0.05) is 5.92 Å². The van der Waals surface area contributed by atoms with Crippen molar-refractivity contribution in [3.05, 3.63) is 35.0 Å². The molecule has 2 heterocycles. The first-order valence-corrected chi connectivity index (χ1v) is 3.79. The molecule has 2 aromatic heterocycles. The molecule has 2 rings (SSSR count). The summed E-state index contributed by atoms with van der Waals surface area (Å²) in [5.74, 6) is 2.42. The Labute approximate surface area is 74.4 Å². The van der Waals surface area contributed by atoms with E-state index in [9.17, 15) is 4.79 Å². The minimum atomic E-state index is -0.113. The molecule has 0 aliphatic carbocycles. The number of fused-ring (bicyclic) bond motifs is 1. The monoisotopic (exact) mass is 173 g/mol. The van der Waals surface area contributed by atoms with E-state index < -0.39 is 0 Å². The normalized spacial score (nSPS) is 10.1. The van der Waals surface area contributed by atoms with Crippen molar-refractivity contribution >= 4 is 5.52 Å². The van der Waals surface area contributed by atoms with Gasteiger partial charge in [-0.15, -0.1) is 6.42 Å². The van der Waals surface area contributed by atoms with Crippen LogP contribution in [0.4, 0.5) is 0 Å². The minimum Gasteiger partial charge on any atom is -0.301 e. The number of aromatic nitrogens is 3. The van der Waals surface area contributed by atoms with Gasteiger partial charge in [-0.05, 0) is 6.07 Å². The van der Waals surface area contributed by atoms with E-state index in [4.69, 9.17) is 6.42 Å². The van der Waals surface area contributed by atoms with Gasteiger partial charge in [0.2, 0.25) is 0 Å². The molecule has 0 fully saturated rings. The quantitative estimate of drug-likeness (QED) is 0.575. The SMILES string of the molecule is C#CCn1ccn2nccc2c1=O. The standard InChI is InChI=1S/C9H7N3O/c1-2-5-11-6-7-12-8(9(11)13)3-4-10-12/h1,3-4,6-7H,5H2. The molecule has 0 saturated heterocycles. The van der Waals surface area contributed by atoms with Crippen LogP contribution in [0.1, 0.15) is 0 Å². The van der Waals surface area contributed by atoms with Crippen LogP contribution < -0.4 is 5.56 Å². The third-order valence-electron chi connectivity index (χ3n) is 1.80. The molecule has 0 amide bonds. The first-order valence-electron chi connectivity index (χ1n) is 3.79. The van der Waals surface area contributed by atoms with Crippen molar-refractivity contribution in [1.29, 1.82) is 0 Å². The maximum Gasteiger partial charge on any atom is 0.277 e. The fourth-order valence-electron chi connectivity index (χ4n) is 1.18. The van der Waals surface area contributed by atoms with Crippen molar-refractivity contribution in [3.63, 3.8) is 0 Å². The highest BCUT2D eigenvalue weighted by Gasteiger charge is 2.00. The fraction of sp³-hybridized carbons (Fsp3) is 0.111. The molecule has 0 aliphatic rings. The van der Waals surface area contributed by atoms with Gasteiger partial charge >= 0.3 is 0 Å². The fourth-order valence-corrected chi connectivity index (χ4v) is 1.18. The number of hydrogen-bond acceptors (Lipinski definition) is 2. The third kappa shape index (κ3) is 1.11. The predicted molar refractivity (Wildman–Crippen MR) is 48.3 cm³/mol. The van der Waals surface area contributed by atoms with Crippen molar-refractivity contribution in [1.82, 2.24) is 14.2 Å². The van der Waals surface area contributed by atoms with Crippen LogP contribution in [-0.2, 0) is 6.54 Å². The lowest BCUT2D eigenvalue weighted by Gasteiger charge is -1.99. The zero-order valence-corrected chi connectivity index (χ0v) is 6.84. The Bertz CT molecular complexity index is 530. The van der Waals surface area contributed by atoms with Crippen LogP contribution in [0.2, 0.25) is 0 Å². The zero-order valence-electron chi connectivity index (χ0n) is 6.84. The molecule has 0 aliphatic heterocycles. The highest BCUT2D eigenvalue weighted by Crippen LogP contribution is 1.93. The summed E-state index contributed by atoms with van der Waals surface area (Å²) in [6.07, 6.45) is 10.0. The summed E-state index contributed by atoms with van der Waals surface area (Å²) in [5, 5.41) is 3.93. The van der Waals surface area contributed by atoms with Crippen LogP contribution in [0.25, 0.3) is 5.52 Å². The Morgan fingerprint density at radius 3 is 3.15 bits per heavy atom. The van der Waals surface area contributed by atoms with Gasteiger partial charge in [-0.2, -0.15) is 5.10 Å². The highest BCUT2D eigenvalue weighted by molar-refractivity contribution is 5.42. The van der Waals surface area contributed by atoms with Crippen LogP contribution in [0.3, 0.4) is 0 Å². The molecular weight excluding hydrogens is 166 g/mol. The topological polar surface area (TPSA) is 39.3 Å². The lowest BCUT2D eigenvalue weighted by atomic mass is 10.5. The van der Waals surface area contributed by atoms with Crippen molar-refractivity contribution in [2.75, 3.05) is 0 Å². The Morgan fingerprint density at radius 2 is 2.38 bits per heavy atom. The average Bonchev–Trinajstić information content (AvgIpc) is 2.58. The molecule has 0 saturated carbocycles. The number of nitrogens with zero attached hydrogens (tertiary/aromatic N) is 3. The second kappa shape index (κ2) is 2.79. The molecule has 0 spiro atoms. The number of hydrogen-bond donors (Lipinski definition) is 0. The molecule has 64 valence electrons. The van der Waals surface area contributed by atoms with E-state index in [1.807, 2.05) is 0 Å². The molecule has 0 unspecified atom stereocenters. The van der Waals surface area contributed by atoms with Crippen LogP contribution in [0.15, 0.2) is 29.5 Å². The zero-order chi connectivity index (χ0) is 9.26. The average molecular weight is 173 g/mol. The maximum absolute atomic E-state index is 11.6. The third-order valence-corrected chi connectivity index (χ3v) is 1.80. The van der Waals surface area contributed by atoms with Crippen molar-refractivity contribution in [3.8, 4) is 12.3 Å². The van der Waals surface area contributed by atoms with Crippen LogP contribution >= 0.6 is 0 Å². The van der Waals surface area contributed by atoms with E-state index in [0.29, 0.717) is 12.1 Å². The highest BCUT2D eigenvalue weighted by atomic mass is 16.1. The summed E-state index contributed by atoms with van der Waals surface area (Å²) in [6.45, 7) is 0.292. The summed E-state index contributed by atoms with van der Waals surface area (Å²) >= 11 is 0. The first-order chi connectivity index (χ1) is 6.33. The molecule has 0 aromatic carbocycles. The van der Waals surface area contributed by atoms with Crippen molar-refractivity contribution < 1.29 is 0 Å². The van der Waals surface area contributed by atoms with Gasteiger partial charge in [0.1, 0.15) is 5.52 Å². The van der Waals surface area contributed by atoms with Crippen LogP contribution in [-0.4, -0.2) is 14.2 Å². The molecule has 4 heteroatoms. The first kappa shape index (κ1) is 7.62.